The minimum Gasteiger partial charge on any atom is -0.478 e. The fourth-order valence-electron chi connectivity index (χ4n) is 1.96. The first-order valence-corrected chi connectivity index (χ1v) is 5.28. The molecule has 2 rings (SSSR count). The predicted molar refractivity (Wildman–Crippen MR) is 58.8 cm³/mol. The van der Waals surface area contributed by atoms with E-state index in [2.05, 4.69) is 10.3 Å². The van der Waals surface area contributed by atoms with Crippen LogP contribution >= 0.6 is 0 Å². The number of carbonyl (C=O) groups excluding carboxylic acids is 1. The topological polar surface area (TPSA) is 88.5 Å². The van der Waals surface area contributed by atoms with Crippen molar-refractivity contribution in [2.75, 3.05) is 11.9 Å². The zero-order chi connectivity index (χ0) is 12.3. The number of aromatic nitrogens is 1. The maximum Gasteiger partial charge on any atom is 0.339 e. The van der Waals surface area contributed by atoms with Gasteiger partial charge in [0.05, 0.1) is 6.10 Å². The number of ether oxygens (including phenoxy) is 1. The van der Waals surface area contributed by atoms with E-state index in [9.17, 15) is 14.7 Å². The lowest BCUT2D eigenvalue weighted by atomic mass is 10.0. The zero-order valence-electron chi connectivity index (χ0n) is 9.05. The van der Waals surface area contributed by atoms with Crippen molar-refractivity contribution in [2.24, 2.45) is 0 Å². The second kappa shape index (κ2) is 4.92. The van der Waals surface area contributed by atoms with Gasteiger partial charge in [-0.05, 0) is 18.9 Å². The van der Waals surface area contributed by atoms with Crippen molar-refractivity contribution < 1.29 is 19.4 Å². The van der Waals surface area contributed by atoms with E-state index in [0.717, 1.165) is 12.8 Å². The molecule has 0 bridgehead atoms. The molecule has 1 unspecified atom stereocenters. The van der Waals surface area contributed by atoms with Crippen molar-refractivity contribution >= 4 is 18.2 Å². The summed E-state index contributed by atoms with van der Waals surface area (Å²) in [7, 11) is 0. The maximum absolute atomic E-state index is 11.2. The number of carbonyl (C=O) groups is 2. The van der Waals surface area contributed by atoms with Gasteiger partial charge in [0, 0.05) is 18.4 Å². The molecule has 6 nitrogen and oxygen atoms in total. The highest BCUT2D eigenvalue weighted by molar-refractivity contribution is 5.96. The zero-order valence-corrected chi connectivity index (χ0v) is 9.05. The molecule has 1 amide bonds. The summed E-state index contributed by atoms with van der Waals surface area (Å²) < 4.78 is 5.46. The summed E-state index contributed by atoms with van der Waals surface area (Å²) in [5, 5.41) is 11.5. The second-order valence-electron chi connectivity index (χ2n) is 3.69. The Morgan fingerprint density at radius 1 is 1.65 bits per heavy atom. The van der Waals surface area contributed by atoms with Gasteiger partial charge in [0.2, 0.25) is 6.41 Å². The Kier molecular flexibility index (Phi) is 3.34. The smallest absolute Gasteiger partial charge is 0.339 e. The quantitative estimate of drug-likeness (QED) is 0.767. The Balaban J connectivity index is 2.45. The summed E-state index contributed by atoms with van der Waals surface area (Å²) in [5.74, 6) is -1.06. The molecule has 1 aromatic rings. The van der Waals surface area contributed by atoms with Crippen LogP contribution in [0.15, 0.2) is 12.3 Å². The van der Waals surface area contributed by atoms with E-state index in [1.54, 1.807) is 6.07 Å². The lowest BCUT2D eigenvalue weighted by Crippen LogP contribution is -2.12. The molecule has 1 saturated heterocycles. The number of anilines is 1. The van der Waals surface area contributed by atoms with Crippen LogP contribution in [0, 0.1) is 0 Å². The van der Waals surface area contributed by atoms with E-state index >= 15 is 0 Å². The third-order valence-electron chi connectivity index (χ3n) is 2.67. The van der Waals surface area contributed by atoms with Crippen LogP contribution in [0.5, 0.6) is 0 Å². The molecule has 6 heteroatoms. The maximum atomic E-state index is 11.2. The molecule has 0 spiro atoms. The molecule has 1 aliphatic rings. The Hall–Kier alpha value is -1.95. The first-order chi connectivity index (χ1) is 8.24. The highest BCUT2D eigenvalue weighted by Gasteiger charge is 2.25. The second-order valence-corrected chi connectivity index (χ2v) is 3.69. The number of aromatic carboxylic acids is 1. The van der Waals surface area contributed by atoms with E-state index in [1.807, 2.05) is 0 Å². The number of nitrogens with one attached hydrogen (secondary N) is 1. The average molecular weight is 236 g/mol. The first kappa shape index (κ1) is 11.5. The van der Waals surface area contributed by atoms with Gasteiger partial charge in [0.25, 0.3) is 0 Å². The van der Waals surface area contributed by atoms with Crippen LogP contribution in [0.2, 0.25) is 0 Å². The first-order valence-electron chi connectivity index (χ1n) is 5.28. The Labute approximate surface area is 97.6 Å². The molecule has 1 atom stereocenters. The van der Waals surface area contributed by atoms with Crippen LogP contribution in [-0.2, 0) is 9.53 Å². The van der Waals surface area contributed by atoms with Crippen molar-refractivity contribution in [1.82, 2.24) is 4.98 Å². The van der Waals surface area contributed by atoms with Gasteiger partial charge >= 0.3 is 5.97 Å². The monoisotopic (exact) mass is 236 g/mol. The molecule has 0 saturated carbocycles. The van der Waals surface area contributed by atoms with Crippen LogP contribution in [-0.4, -0.2) is 29.1 Å². The number of carboxylic acids is 1. The van der Waals surface area contributed by atoms with E-state index in [-0.39, 0.29) is 17.5 Å². The molecule has 0 aliphatic carbocycles. The predicted octanol–water partition coefficient (Wildman–Crippen LogP) is 1.20. The SMILES string of the molecule is O=CNc1nccc(C2CCCO2)c1C(=O)O. The molecule has 1 fully saturated rings. The number of rotatable bonds is 4. The molecule has 2 heterocycles. The Morgan fingerprint density at radius 2 is 2.47 bits per heavy atom. The number of hydrogen-bond donors (Lipinski definition) is 2. The Morgan fingerprint density at radius 3 is 3.06 bits per heavy atom. The molecule has 1 aromatic heterocycles. The van der Waals surface area contributed by atoms with Gasteiger partial charge in [-0.3, -0.25) is 4.79 Å². The lowest BCUT2D eigenvalue weighted by Gasteiger charge is -2.14. The van der Waals surface area contributed by atoms with Crippen LogP contribution < -0.4 is 5.32 Å². The minimum atomic E-state index is -1.12. The molecule has 90 valence electrons. The van der Waals surface area contributed by atoms with Gasteiger partial charge < -0.3 is 15.2 Å². The van der Waals surface area contributed by atoms with Crippen molar-refractivity contribution in [3.8, 4) is 0 Å². The van der Waals surface area contributed by atoms with E-state index < -0.39 is 5.97 Å². The van der Waals surface area contributed by atoms with Crippen molar-refractivity contribution in [1.29, 1.82) is 0 Å². The molecular formula is C11H12N2O4. The number of amides is 1. The van der Waals surface area contributed by atoms with Crippen LogP contribution in [0.1, 0.15) is 34.9 Å². The molecular weight excluding hydrogens is 224 g/mol. The third-order valence-corrected chi connectivity index (χ3v) is 2.67. The Bertz CT molecular complexity index is 441. The highest BCUT2D eigenvalue weighted by atomic mass is 16.5. The summed E-state index contributed by atoms with van der Waals surface area (Å²) in [4.78, 5) is 25.5. The third kappa shape index (κ3) is 2.26. The normalized spacial score (nSPS) is 18.9. The van der Waals surface area contributed by atoms with Crippen LogP contribution in [0.3, 0.4) is 0 Å². The summed E-state index contributed by atoms with van der Waals surface area (Å²) in [5.41, 5.74) is 0.570. The summed E-state index contributed by atoms with van der Waals surface area (Å²) in [6.07, 6.45) is 3.34. The van der Waals surface area contributed by atoms with Gasteiger partial charge in [0.15, 0.2) is 0 Å². The fourth-order valence-corrected chi connectivity index (χ4v) is 1.96. The summed E-state index contributed by atoms with van der Waals surface area (Å²) >= 11 is 0. The van der Waals surface area contributed by atoms with Crippen molar-refractivity contribution in [3.05, 3.63) is 23.4 Å². The van der Waals surface area contributed by atoms with Gasteiger partial charge in [-0.1, -0.05) is 0 Å². The van der Waals surface area contributed by atoms with E-state index in [4.69, 9.17) is 4.74 Å². The summed E-state index contributed by atoms with van der Waals surface area (Å²) in [6.45, 7) is 0.627. The fraction of sp³-hybridized carbons (Fsp3) is 0.364. The van der Waals surface area contributed by atoms with Crippen molar-refractivity contribution in [3.63, 3.8) is 0 Å². The number of hydrogen-bond acceptors (Lipinski definition) is 4. The van der Waals surface area contributed by atoms with Gasteiger partial charge in [-0.2, -0.15) is 0 Å². The number of nitrogens with zero attached hydrogens (tertiary/aromatic N) is 1. The lowest BCUT2D eigenvalue weighted by molar-refractivity contribution is -0.105. The van der Waals surface area contributed by atoms with Gasteiger partial charge in [0.1, 0.15) is 11.4 Å². The number of pyridine rings is 1. The van der Waals surface area contributed by atoms with Crippen LogP contribution in [0.25, 0.3) is 0 Å². The van der Waals surface area contributed by atoms with Crippen LogP contribution in [0.4, 0.5) is 5.82 Å². The summed E-state index contributed by atoms with van der Waals surface area (Å²) in [6, 6.07) is 1.62. The molecule has 1 aliphatic heterocycles. The van der Waals surface area contributed by atoms with Crippen molar-refractivity contribution in [2.45, 2.75) is 18.9 Å². The highest BCUT2D eigenvalue weighted by Crippen LogP contribution is 2.32. The molecule has 17 heavy (non-hydrogen) atoms. The average Bonchev–Trinajstić information content (AvgIpc) is 2.82. The standard InChI is InChI=1S/C11H12N2O4/c14-6-13-10-9(11(15)16)7(3-4-12-10)8-2-1-5-17-8/h3-4,6,8H,1-2,5H2,(H,15,16)(H,12,13,14). The van der Waals surface area contributed by atoms with Gasteiger partial charge in [-0.15, -0.1) is 0 Å². The largest absolute Gasteiger partial charge is 0.478 e. The number of carboxylic acid groups (broad SMARTS) is 1. The molecule has 0 aromatic carbocycles. The van der Waals surface area contributed by atoms with E-state index in [0.29, 0.717) is 18.6 Å². The minimum absolute atomic E-state index is 0.00602. The van der Waals surface area contributed by atoms with Gasteiger partial charge in [-0.25, -0.2) is 9.78 Å². The molecule has 2 N–H and O–H groups in total. The molecule has 0 radical (unpaired) electrons. The van der Waals surface area contributed by atoms with E-state index in [1.165, 1.54) is 6.20 Å².